The standard InChI is InChI=1S/C23H38N4O2/c1-5-24-22(27-15-19-7-6-12-28-21(19)23(2,3)4)26-14-18-10-11-25-20(13-18)29-16-17-8-9-17/h10-11,13,17,19,21H,5-9,12,14-16H2,1-4H3,(H2,24,26,27). The summed E-state index contributed by atoms with van der Waals surface area (Å²) in [6.07, 6.45) is 6.97. The van der Waals surface area contributed by atoms with Crippen LogP contribution in [0.4, 0.5) is 0 Å². The Morgan fingerprint density at radius 2 is 2.10 bits per heavy atom. The normalized spacial score (nSPS) is 23.0. The van der Waals surface area contributed by atoms with Crippen molar-refractivity contribution in [2.75, 3.05) is 26.3 Å². The Hall–Kier alpha value is -1.82. The second kappa shape index (κ2) is 10.3. The molecule has 2 aliphatic rings. The number of ether oxygens (including phenoxy) is 2. The van der Waals surface area contributed by atoms with E-state index in [1.165, 1.54) is 19.3 Å². The molecule has 0 radical (unpaired) electrons. The Bertz CT molecular complexity index is 667. The minimum Gasteiger partial charge on any atom is -0.477 e. The first kappa shape index (κ1) is 21.9. The van der Waals surface area contributed by atoms with Gasteiger partial charge in [0.15, 0.2) is 5.96 Å². The minimum absolute atomic E-state index is 0.149. The number of guanidine groups is 1. The lowest BCUT2D eigenvalue weighted by atomic mass is 9.78. The number of aromatic nitrogens is 1. The molecule has 1 aromatic rings. The van der Waals surface area contributed by atoms with E-state index in [1.807, 2.05) is 12.1 Å². The molecule has 0 spiro atoms. The van der Waals surface area contributed by atoms with Crippen LogP contribution in [-0.2, 0) is 11.3 Å². The Labute approximate surface area is 175 Å². The van der Waals surface area contributed by atoms with Crippen LogP contribution in [0, 0.1) is 17.3 Å². The molecule has 6 nitrogen and oxygen atoms in total. The zero-order valence-electron chi connectivity index (χ0n) is 18.5. The molecule has 2 heterocycles. The Kier molecular flexibility index (Phi) is 7.76. The van der Waals surface area contributed by atoms with Gasteiger partial charge in [-0.2, -0.15) is 0 Å². The molecule has 0 aromatic carbocycles. The molecule has 29 heavy (non-hydrogen) atoms. The van der Waals surface area contributed by atoms with Gasteiger partial charge in [-0.05, 0) is 55.6 Å². The summed E-state index contributed by atoms with van der Waals surface area (Å²) >= 11 is 0. The molecule has 162 valence electrons. The van der Waals surface area contributed by atoms with E-state index in [-0.39, 0.29) is 11.5 Å². The summed E-state index contributed by atoms with van der Waals surface area (Å²) < 4.78 is 11.9. The summed E-state index contributed by atoms with van der Waals surface area (Å²) in [5.41, 5.74) is 1.26. The van der Waals surface area contributed by atoms with Crippen molar-refractivity contribution in [2.24, 2.45) is 22.2 Å². The maximum Gasteiger partial charge on any atom is 0.213 e. The second-order valence-corrected chi connectivity index (χ2v) is 9.39. The van der Waals surface area contributed by atoms with E-state index in [9.17, 15) is 0 Å². The monoisotopic (exact) mass is 402 g/mol. The highest BCUT2D eigenvalue weighted by molar-refractivity contribution is 5.79. The zero-order valence-corrected chi connectivity index (χ0v) is 18.5. The van der Waals surface area contributed by atoms with Crippen LogP contribution in [0.25, 0.3) is 0 Å². The number of hydrogen-bond acceptors (Lipinski definition) is 4. The third-order valence-corrected chi connectivity index (χ3v) is 5.56. The summed E-state index contributed by atoms with van der Waals surface area (Å²) in [7, 11) is 0. The fraction of sp³-hybridized carbons (Fsp3) is 0.739. The van der Waals surface area contributed by atoms with Crippen molar-refractivity contribution >= 4 is 5.96 Å². The van der Waals surface area contributed by atoms with Crippen molar-refractivity contribution < 1.29 is 9.47 Å². The van der Waals surface area contributed by atoms with Crippen LogP contribution in [-0.4, -0.2) is 43.4 Å². The van der Waals surface area contributed by atoms with Crippen molar-refractivity contribution in [3.8, 4) is 5.88 Å². The van der Waals surface area contributed by atoms with Crippen molar-refractivity contribution in [1.82, 2.24) is 15.6 Å². The van der Waals surface area contributed by atoms with Gasteiger partial charge in [0.1, 0.15) is 0 Å². The van der Waals surface area contributed by atoms with Crippen LogP contribution in [0.3, 0.4) is 0 Å². The largest absolute Gasteiger partial charge is 0.477 e. The molecule has 2 N–H and O–H groups in total. The van der Waals surface area contributed by atoms with Crippen LogP contribution < -0.4 is 15.4 Å². The molecule has 1 aliphatic carbocycles. The highest BCUT2D eigenvalue weighted by Gasteiger charge is 2.35. The molecule has 1 saturated carbocycles. The SMILES string of the molecule is CCNC(=NCc1ccnc(OCC2CC2)c1)NCC1CCCOC1C(C)(C)C. The van der Waals surface area contributed by atoms with Crippen molar-refractivity contribution in [3.05, 3.63) is 23.9 Å². The third kappa shape index (κ3) is 7.18. The summed E-state index contributed by atoms with van der Waals surface area (Å²) in [5, 5.41) is 6.90. The van der Waals surface area contributed by atoms with E-state index in [0.717, 1.165) is 50.2 Å². The molecule has 3 rings (SSSR count). The third-order valence-electron chi connectivity index (χ3n) is 5.56. The Morgan fingerprint density at radius 3 is 2.83 bits per heavy atom. The molecule has 6 heteroatoms. The number of aliphatic imine (C=N–C) groups is 1. The Balaban J connectivity index is 1.55. The fourth-order valence-electron chi connectivity index (χ4n) is 3.86. The van der Waals surface area contributed by atoms with Crippen LogP contribution in [0.5, 0.6) is 5.88 Å². The van der Waals surface area contributed by atoms with Gasteiger partial charge in [-0.15, -0.1) is 0 Å². The van der Waals surface area contributed by atoms with Crippen LogP contribution in [0.15, 0.2) is 23.3 Å². The van der Waals surface area contributed by atoms with E-state index in [1.54, 1.807) is 6.20 Å². The average molecular weight is 403 g/mol. The van der Waals surface area contributed by atoms with Crippen LogP contribution >= 0.6 is 0 Å². The van der Waals surface area contributed by atoms with E-state index in [0.29, 0.717) is 18.3 Å². The van der Waals surface area contributed by atoms with Crippen LogP contribution in [0.2, 0.25) is 0 Å². The molecule has 2 atom stereocenters. The van der Waals surface area contributed by atoms with E-state index in [4.69, 9.17) is 14.5 Å². The first-order valence-electron chi connectivity index (χ1n) is 11.2. The molecular formula is C23H38N4O2. The molecule has 1 aromatic heterocycles. The summed E-state index contributed by atoms with van der Waals surface area (Å²) in [5.74, 6) is 2.78. The van der Waals surface area contributed by atoms with Gasteiger partial charge in [-0.1, -0.05) is 20.8 Å². The lowest BCUT2D eigenvalue weighted by Crippen LogP contribution is -2.47. The average Bonchev–Trinajstić information content (AvgIpc) is 3.53. The quantitative estimate of drug-likeness (QED) is 0.512. The molecule has 0 amide bonds. The summed E-state index contributed by atoms with van der Waals surface area (Å²) in [4.78, 5) is 9.09. The number of pyridine rings is 1. The van der Waals surface area contributed by atoms with Gasteiger partial charge < -0.3 is 20.1 Å². The van der Waals surface area contributed by atoms with Crippen LogP contribution in [0.1, 0.15) is 58.9 Å². The van der Waals surface area contributed by atoms with E-state index in [2.05, 4.69) is 43.3 Å². The summed E-state index contributed by atoms with van der Waals surface area (Å²) in [6.45, 7) is 12.9. The predicted octanol–water partition coefficient (Wildman–Crippen LogP) is 3.77. The molecule has 2 fully saturated rings. The minimum atomic E-state index is 0.149. The van der Waals surface area contributed by atoms with Gasteiger partial charge >= 0.3 is 0 Å². The van der Waals surface area contributed by atoms with Crippen molar-refractivity contribution in [2.45, 2.75) is 66.0 Å². The van der Waals surface area contributed by atoms with Gasteiger partial charge in [-0.3, -0.25) is 0 Å². The van der Waals surface area contributed by atoms with Gasteiger partial charge in [0.05, 0.1) is 19.3 Å². The second-order valence-electron chi connectivity index (χ2n) is 9.39. The van der Waals surface area contributed by atoms with E-state index < -0.39 is 0 Å². The van der Waals surface area contributed by atoms with Crippen molar-refractivity contribution in [3.63, 3.8) is 0 Å². The number of nitrogens with one attached hydrogen (secondary N) is 2. The zero-order chi connectivity index (χ0) is 20.7. The number of nitrogens with zero attached hydrogens (tertiary/aromatic N) is 2. The fourth-order valence-corrected chi connectivity index (χ4v) is 3.86. The maximum atomic E-state index is 6.11. The molecular weight excluding hydrogens is 364 g/mol. The molecule has 2 unspecified atom stereocenters. The number of rotatable bonds is 8. The number of hydrogen-bond donors (Lipinski definition) is 2. The van der Waals surface area contributed by atoms with Gasteiger partial charge in [-0.25, -0.2) is 9.98 Å². The lowest BCUT2D eigenvalue weighted by Gasteiger charge is -2.40. The van der Waals surface area contributed by atoms with Gasteiger partial charge in [0.25, 0.3) is 0 Å². The van der Waals surface area contributed by atoms with Gasteiger partial charge in [0, 0.05) is 37.9 Å². The maximum absolute atomic E-state index is 6.11. The molecule has 1 saturated heterocycles. The Morgan fingerprint density at radius 1 is 1.28 bits per heavy atom. The smallest absolute Gasteiger partial charge is 0.213 e. The highest BCUT2D eigenvalue weighted by Crippen LogP contribution is 2.33. The summed E-state index contributed by atoms with van der Waals surface area (Å²) in [6, 6.07) is 4.00. The van der Waals surface area contributed by atoms with Crippen molar-refractivity contribution in [1.29, 1.82) is 0 Å². The first-order valence-corrected chi connectivity index (χ1v) is 11.2. The lowest BCUT2D eigenvalue weighted by molar-refractivity contribution is -0.0835. The highest BCUT2D eigenvalue weighted by atomic mass is 16.5. The molecule has 0 bridgehead atoms. The van der Waals surface area contributed by atoms with E-state index >= 15 is 0 Å². The topological polar surface area (TPSA) is 67.8 Å². The van der Waals surface area contributed by atoms with Gasteiger partial charge in [0.2, 0.25) is 5.88 Å². The first-order chi connectivity index (χ1) is 14.0. The molecule has 1 aliphatic heterocycles. The predicted molar refractivity (Wildman–Crippen MR) is 117 cm³/mol.